The van der Waals surface area contributed by atoms with Crippen LogP contribution < -0.4 is 0 Å². The molecule has 30 heavy (non-hydrogen) atoms. The molecular formula is C21H15N3O5S. The molecule has 2 heterocycles. The Hall–Kier alpha value is -3.85. The van der Waals surface area contributed by atoms with E-state index in [9.17, 15) is 19.7 Å². The summed E-state index contributed by atoms with van der Waals surface area (Å²) in [6.07, 6.45) is 0. The first-order chi connectivity index (χ1) is 14.4. The standard InChI is InChI=1S/C21H15N3O5S/c1-13-17-11-19(30-20(17)23(22-13)15-5-3-2-4-6-15)21(26)29-12-18(25)14-7-9-16(10-8-14)24(27)28/h2-11H,12H2,1H3. The zero-order valence-corrected chi connectivity index (χ0v) is 16.6. The normalized spacial score (nSPS) is 10.8. The molecule has 0 unspecified atom stereocenters. The van der Waals surface area contributed by atoms with E-state index in [1.54, 1.807) is 10.7 Å². The van der Waals surface area contributed by atoms with Crippen molar-refractivity contribution in [1.29, 1.82) is 0 Å². The van der Waals surface area contributed by atoms with E-state index in [0.29, 0.717) is 4.88 Å². The number of aromatic nitrogens is 2. The molecule has 9 heteroatoms. The minimum atomic E-state index is -0.606. The summed E-state index contributed by atoms with van der Waals surface area (Å²) >= 11 is 1.24. The highest BCUT2D eigenvalue weighted by atomic mass is 32.1. The van der Waals surface area contributed by atoms with Crippen molar-refractivity contribution >= 4 is 39.0 Å². The van der Waals surface area contributed by atoms with Gasteiger partial charge in [-0.15, -0.1) is 11.3 Å². The van der Waals surface area contributed by atoms with Gasteiger partial charge in [-0.25, -0.2) is 9.48 Å². The van der Waals surface area contributed by atoms with Crippen LogP contribution in [-0.2, 0) is 4.74 Å². The maximum Gasteiger partial charge on any atom is 0.348 e. The number of carbonyl (C=O) groups excluding carboxylic acids is 2. The molecular weight excluding hydrogens is 406 g/mol. The fourth-order valence-electron chi connectivity index (χ4n) is 2.95. The van der Waals surface area contributed by atoms with Crippen LogP contribution in [0.15, 0.2) is 60.7 Å². The number of rotatable bonds is 6. The predicted molar refractivity (Wildman–Crippen MR) is 111 cm³/mol. The van der Waals surface area contributed by atoms with Crippen molar-refractivity contribution in [2.24, 2.45) is 0 Å². The topological polar surface area (TPSA) is 104 Å². The summed E-state index contributed by atoms with van der Waals surface area (Å²) in [6.45, 7) is 1.41. The number of hydrogen-bond acceptors (Lipinski definition) is 7. The molecule has 0 saturated carbocycles. The van der Waals surface area contributed by atoms with Crippen molar-refractivity contribution < 1.29 is 19.2 Å². The van der Waals surface area contributed by atoms with Gasteiger partial charge in [-0.2, -0.15) is 5.10 Å². The van der Waals surface area contributed by atoms with Gasteiger partial charge in [0.1, 0.15) is 9.71 Å². The van der Waals surface area contributed by atoms with Crippen LogP contribution in [0.4, 0.5) is 5.69 Å². The second kappa shape index (κ2) is 7.88. The fourth-order valence-corrected chi connectivity index (χ4v) is 4.02. The van der Waals surface area contributed by atoms with Gasteiger partial charge < -0.3 is 4.74 Å². The Bertz CT molecular complexity index is 1260. The third-order valence-electron chi connectivity index (χ3n) is 4.48. The van der Waals surface area contributed by atoms with E-state index in [4.69, 9.17) is 4.74 Å². The first-order valence-electron chi connectivity index (χ1n) is 8.93. The van der Waals surface area contributed by atoms with Crippen LogP contribution >= 0.6 is 11.3 Å². The average molecular weight is 421 g/mol. The van der Waals surface area contributed by atoms with E-state index in [1.165, 1.54) is 35.6 Å². The van der Waals surface area contributed by atoms with E-state index in [2.05, 4.69) is 5.10 Å². The number of esters is 1. The summed E-state index contributed by atoms with van der Waals surface area (Å²) in [4.78, 5) is 36.0. The number of nitro benzene ring substituents is 1. The van der Waals surface area contributed by atoms with Gasteiger partial charge in [-0.05, 0) is 37.3 Å². The molecule has 8 nitrogen and oxygen atoms in total. The highest BCUT2D eigenvalue weighted by Gasteiger charge is 2.19. The van der Waals surface area contributed by atoms with Gasteiger partial charge in [0.25, 0.3) is 5.69 Å². The van der Waals surface area contributed by atoms with Crippen molar-refractivity contribution in [1.82, 2.24) is 9.78 Å². The number of nitrogens with zero attached hydrogens (tertiary/aromatic N) is 3. The molecule has 0 aliphatic heterocycles. The molecule has 2 aromatic carbocycles. The summed E-state index contributed by atoms with van der Waals surface area (Å²) in [7, 11) is 0. The number of para-hydroxylation sites is 1. The number of ether oxygens (including phenoxy) is 1. The van der Waals surface area contributed by atoms with Crippen LogP contribution in [0.25, 0.3) is 15.9 Å². The van der Waals surface area contributed by atoms with Crippen molar-refractivity contribution in [2.45, 2.75) is 6.92 Å². The number of nitro groups is 1. The average Bonchev–Trinajstić information content (AvgIpc) is 3.33. The molecule has 0 fully saturated rings. The zero-order valence-electron chi connectivity index (χ0n) is 15.8. The van der Waals surface area contributed by atoms with E-state index in [0.717, 1.165) is 21.6 Å². The Morgan fingerprint density at radius 2 is 1.83 bits per heavy atom. The molecule has 0 amide bonds. The van der Waals surface area contributed by atoms with E-state index in [-0.39, 0.29) is 11.3 Å². The number of hydrogen-bond donors (Lipinski definition) is 0. The number of aryl methyl sites for hydroxylation is 1. The molecule has 0 N–H and O–H groups in total. The van der Waals surface area contributed by atoms with Crippen LogP contribution in [0.2, 0.25) is 0 Å². The highest BCUT2D eigenvalue weighted by molar-refractivity contribution is 7.20. The van der Waals surface area contributed by atoms with E-state index >= 15 is 0 Å². The molecule has 0 aliphatic rings. The lowest BCUT2D eigenvalue weighted by molar-refractivity contribution is -0.384. The lowest BCUT2D eigenvalue weighted by Gasteiger charge is -2.03. The molecule has 0 atom stereocenters. The van der Waals surface area contributed by atoms with Gasteiger partial charge >= 0.3 is 5.97 Å². The van der Waals surface area contributed by atoms with Crippen molar-refractivity contribution in [3.8, 4) is 5.69 Å². The Balaban J connectivity index is 1.50. The molecule has 150 valence electrons. The SMILES string of the molecule is Cc1nn(-c2ccccc2)c2sc(C(=O)OCC(=O)c3ccc([N+](=O)[O-])cc3)cc12. The maximum atomic E-state index is 12.5. The Labute approximate surface area is 174 Å². The summed E-state index contributed by atoms with van der Waals surface area (Å²) in [6, 6.07) is 16.4. The van der Waals surface area contributed by atoms with Gasteiger partial charge in [-0.3, -0.25) is 14.9 Å². The lowest BCUT2D eigenvalue weighted by Crippen LogP contribution is -2.13. The smallest absolute Gasteiger partial charge is 0.348 e. The van der Waals surface area contributed by atoms with Crippen LogP contribution in [-0.4, -0.2) is 33.1 Å². The molecule has 0 aliphatic carbocycles. The van der Waals surface area contributed by atoms with Crippen LogP contribution in [0.1, 0.15) is 25.7 Å². The minimum Gasteiger partial charge on any atom is -0.453 e. The van der Waals surface area contributed by atoms with Crippen LogP contribution in [0.3, 0.4) is 0 Å². The van der Waals surface area contributed by atoms with Crippen molar-refractivity contribution in [3.63, 3.8) is 0 Å². The summed E-state index contributed by atoms with van der Waals surface area (Å²) in [5.41, 5.74) is 1.79. The van der Waals surface area contributed by atoms with Crippen molar-refractivity contribution in [3.05, 3.63) is 86.9 Å². The Morgan fingerprint density at radius 3 is 2.50 bits per heavy atom. The number of thiophene rings is 1. The highest BCUT2D eigenvalue weighted by Crippen LogP contribution is 2.30. The van der Waals surface area contributed by atoms with Gasteiger partial charge in [0, 0.05) is 23.1 Å². The van der Waals surface area contributed by atoms with Gasteiger partial charge in [-0.1, -0.05) is 18.2 Å². The second-order valence-electron chi connectivity index (χ2n) is 6.47. The van der Waals surface area contributed by atoms with Gasteiger partial charge in [0.05, 0.1) is 16.3 Å². The molecule has 0 spiro atoms. The number of ketones is 1. The minimum absolute atomic E-state index is 0.114. The quantitative estimate of drug-likeness (QED) is 0.198. The lowest BCUT2D eigenvalue weighted by atomic mass is 10.1. The molecule has 0 radical (unpaired) electrons. The first kappa shape index (κ1) is 19.5. The fraction of sp³-hybridized carbons (Fsp3) is 0.0952. The number of non-ortho nitro benzene ring substituents is 1. The second-order valence-corrected chi connectivity index (χ2v) is 7.50. The van der Waals surface area contributed by atoms with E-state index in [1.807, 2.05) is 37.3 Å². The number of Topliss-reactive ketones (excluding diaryl/α,β-unsaturated/α-hetero) is 1. The third-order valence-corrected chi connectivity index (χ3v) is 5.57. The largest absolute Gasteiger partial charge is 0.453 e. The number of benzene rings is 2. The van der Waals surface area contributed by atoms with Gasteiger partial charge in [0.15, 0.2) is 12.4 Å². The summed E-state index contributed by atoms with van der Waals surface area (Å²) < 4.78 is 6.94. The monoisotopic (exact) mass is 421 g/mol. The number of fused-ring (bicyclic) bond motifs is 1. The third kappa shape index (κ3) is 3.70. The summed E-state index contributed by atoms with van der Waals surface area (Å²) in [5.74, 6) is -1.04. The van der Waals surface area contributed by atoms with E-state index < -0.39 is 23.3 Å². The maximum absolute atomic E-state index is 12.5. The molecule has 4 aromatic rings. The summed E-state index contributed by atoms with van der Waals surface area (Å²) in [5, 5.41) is 16.1. The predicted octanol–water partition coefficient (Wildman–Crippen LogP) is 4.34. The van der Waals surface area contributed by atoms with Crippen LogP contribution in [0, 0.1) is 17.0 Å². The Kier molecular flexibility index (Phi) is 5.11. The van der Waals surface area contributed by atoms with Crippen molar-refractivity contribution in [2.75, 3.05) is 6.61 Å². The zero-order chi connectivity index (χ0) is 21.3. The number of carbonyl (C=O) groups is 2. The molecule has 4 rings (SSSR count). The Morgan fingerprint density at radius 1 is 1.13 bits per heavy atom. The molecule has 0 bridgehead atoms. The first-order valence-corrected chi connectivity index (χ1v) is 9.75. The van der Waals surface area contributed by atoms with Crippen LogP contribution in [0.5, 0.6) is 0 Å². The van der Waals surface area contributed by atoms with Gasteiger partial charge in [0.2, 0.25) is 0 Å². The molecule has 2 aromatic heterocycles. The molecule has 0 saturated heterocycles.